The summed E-state index contributed by atoms with van der Waals surface area (Å²) in [4.78, 5) is 16.4. The largest absolute Gasteiger partial charge is 0.381 e. The molecule has 2 aromatic heterocycles. The number of fused-ring (bicyclic) bond motifs is 1. The van der Waals surface area contributed by atoms with Crippen molar-refractivity contribution in [2.75, 3.05) is 23.8 Å². The van der Waals surface area contributed by atoms with Crippen LogP contribution in [0.25, 0.3) is 10.9 Å². The number of ether oxygens (including phenoxy) is 1. The van der Waals surface area contributed by atoms with Crippen LogP contribution < -0.4 is 22.1 Å². The molecule has 3 aromatic rings. The molecule has 11 heteroatoms. The Labute approximate surface area is 191 Å². The van der Waals surface area contributed by atoms with E-state index in [1.807, 2.05) is 29.1 Å². The number of nitrogens with zero attached hydrogens (tertiary/aromatic N) is 5. The van der Waals surface area contributed by atoms with Gasteiger partial charge in [-0.25, -0.2) is 0 Å². The number of carbonyl (C=O) groups excluding carboxylic acids is 1. The smallest absolute Gasteiger partial charge is 0.273 e. The lowest BCUT2D eigenvalue weighted by molar-refractivity contribution is 0.0664. The van der Waals surface area contributed by atoms with E-state index in [-0.39, 0.29) is 23.6 Å². The normalized spacial score (nSPS) is 21.7. The zero-order valence-electron chi connectivity index (χ0n) is 18.4. The number of benzene rings is 1. The first-order chi connectivity index (χ1) is 16.1. The molecule has 33 heavy (non-hydrogen) atoms. The summed E-state index contributed by atoms with van der Waals surface area (Å²) in [6, 6.07) is 6.24. The number of aromatic nitrogens is 5. The van der Waals surface area contributed by atoms with E-state index in [0.717, 1.165) is 68.3 Å². The van der Waals surface area contributed by atoms with Gasteiger partial charge in [0.1, 0.15) is 0 Å². The Morgan fingerprint density at radius 1 is 1.12 bits per heavy atom. The minimum atomic E-state index is -0.702. The minimum Gasteiger partial charge on any atom is -0.381 e. The van der Waals surface area contributed by atoms with Crippen LogP contribution in [-0.4, -0.2) is 56.2 Å². The Morgan fingerprint density at radius 3 is 2.73 bits per heavy atom. The molecule has 1 saturated carbocycles. The summed E-state index contributed by atoms with van der Waals surface area (Å²) in [5.41, 5.74) is 13.4. The van der Waals surface area contributed by atoms with Gasteiger partial charge in [0.15, 0.2) is 11.5 Å². The number of nitrogens with one attached hydrogen (secondary N) is 2. The van der Waals surface area contributed by atoms with Crippen molar-refractivity contribution in [1.82, 2.24) is 25.0 Å². The molecule has 5 rings (SSSR count). The van der Waals surface area contributed by atoms with E-state index in [4.69, 9.17) is 21.3 Å². The van der Waals surface area contributed by atoms with E-state index >= 15 is 0 Å². The molecule has 1 amide bonds. The summed E-state index contributed by atoms with van der Waals surface area (Å²) in [5.74, 6) is -0.134. The Balaban J connectivity index is 1.39. The van der Waals surface area contributed by atoms with Crippen LogP contribution in [0.5, 0.6) is 0 Å². The van der Waals surface area contributed by atoms with Crippen LogP contribution in [0, 0.1) is 0 Å². The fraction of sp³-hybridized carbons (Fsp3) is 0.500. The van der Waals surface area contributed by atoms with E-state index in [9.17, 15) is 4.79 Å². The van der Waals surface area contributed by atoms with Gasteiger partial charge in [-0.15, -0.1) is 10.2 Å². The molecule has 2 aliphatic rings. The lowest BCUT2D eigenvalue weighted by Gasteiger charge is -2.29. The molecular formula is C22H29N9O2. The highest BCUT2D eigenvalue weighted by Gasteiger charge is 2.24. The van der Waals surface area contributed by atoms with Crippen LogP contribution >= 0.6 is 0 Å². The van der Waals surface area contributed by atoms with Crippen LogP contribution in [0.2, 0.25) is 0 Å². The van der Waals surface area contributed by atoms with Crippen LogP contribution in [0.1, 0.15) is 55.1 Å². The number of rotatable bonds is 6. The molecule has 1 aliphatic carbocycles. The fourth-order valence-corrected chi connectivity index (χ4v) is 4.54. The van der Waals surface area contributed by atoms with Gasteiger partial charge in [0.25, 0.3) is 5.91 Å². The topological polar surface area (TPSA) is 159 Å². The maximum atomic E-state index is 11.9. The summed E-state index contributed by atoms with van der Waals surface area (Å²) in [5, 5.41) is 20.2. The van der Waals surface area contributed by atoms with Crippen LogP contribution in [-0.2, 0) is 4.74 Å². The second-order valence-corrected chi connectivity index (χ2v) is 8.75. The zero-order valence-corrected chi connectivity index (χ0v) is 18.4. The first-order valence-electron chi connectivity index (χ1n) is 11.5. The molecule has 174 valence electrons. The Hall–Kier alpha value is -3.31. The van der Waals surface area contributed by atoms with Crippen molar-refractivity contribution in [3.05, 3.63) is 30.1 Å². The summed E-state index contributed by atoms with van der Waals surface area (Å²) in [6.45, 7) is 1.51. The fourth-order valence-electron chi connectivity index (χ4n) is 4.54. The molecule has 1 saturated heterocycles. The van der Waals surface area contributed by atoms with Crippen LogP contribution in [0.15, 0.2) is 24.4 Å². The maximum Gasteiger partial charge on any atom is 0.273 e. The monoisotopic (exact) mass is 451 g/mol. The van der Waals surface area contributed by atoms with Crippen molar-refractivity contribution in [1.29, 1.82) is 0 Å². The molecule has 1 aromatic carbocycles. The minimum absolute atomic E-state index is 0.0218. The molecule has 1 aliphatic heterocycles. The maximum absolute atomic E-state index is 11.9. The molecule has 3 heterocycles. The van der Waals surface area contributed by atoms with Crippen molar-refractivity contribution in [2.45, 2.75) is 56.7 Å². The van der Waals surface area contributed by atoms with Gasteiger partial charge < -0.3 is 26.8 Å². The van der Waals surface area contributed by atoms with E-state index in [1.165, 1.54) is 0 Å². The van der Waals surface area contributed by atoms with E-state index in [2.05, 4.69) is 25.8 Å². The van der Waals surface area contributed by atoms with Crippen molar-refractivity contribution in [3.8, 4) is 0 Å². The van der Waals surface area contributed by atoms with E-state index in [1.54, 1.807) is 0 Å². The van der Waals surface area contributed by atoms with Crippen LogP contribution in [0.3, 0.4) is 0 Å². The lowest BCUT2D eigenvalue weighted by atomic mass is 9.91. The van der Waals surface area contributed by atoms with Crippen molar-refractivity contribution in [2.24, 2.45) is 11.5 Å². The average Bonchev–Trinajstić information content (AvgIpc) is 3.25. The first kappa shape index (κ1) is 21.5. The van der Waals surface area contributed by atoms with Crippen molar-refractivity contribution in [3.63, 3.8) is 0 Å². The number of nitrogens with two attached hydrogens (primary N) is 2. The standard InChI is InChI=1S/C22H29N9O2/c23-16-3-1-2-4-18(16)26-22-27-21(19(20(24)32)28-29-22)25-14-5-6-17-13(11-14)12-31(30-17)15-7-9-33-10-8-15/h5-6,11-12,15-16,18H,1-4,7-10,23H2,(H2,24,32)(H2,25,26,27,29)/t16-,18+/m0/s1. The molecule has 2 atom stereocenters. The Kier molecular flexibility index (Phi) is 6.05. The van der Waals surface area contributed by atoms with Gasteiger partial charge in [-0.2, -0.15) is 10.1 Å². The number of primary amides is 1. The highest BCUT2D eigenvalue weighted by Crippen LogP contribution is 2.27. The second kappa shape index (κ2) is 9.28. The third kappa shape index (κ3) is 4.74. The lowest BCUT2D eigenvalue weighted by Crippen LogP contribution is -2.43. The predicted molar refractivity (Wildman–Crippen MR) is 124 cm³/mol. The number of carbonyl (C=O) groups is 1. The molecule has 0 unspecified atom stereocenters. The summed E-state index contributed by atoms with van der Waals surface area (Å²) < 4.78 is 7.48. The average molecular weight is 452 g/mol. The third-order valence-corrected chi connectivity index (χ3v) is 6.40. The van der Waals surface area contributed by atoms with Gasteiger partial charge in [-0.1, -0.05) is 12.8 Å². The third-order valence-electron chi connectivity index (χ3n) is 6.40. The highest BCUT2D eigenvalue weighted by atomic mass is 16.5. The van der Waals surface area contributed by atoms with Gasteiger partial charge in [-0.3, -0.25) is 9.48 Å². The van der Waals surface area contributed by atoms with Crippen LogP contribution in [0.4, 0.5) is 17.5 Å². The van der Waals surface area contributed by atoms with Gasteiger partial charge in [0.2, 0.25) is 5.95 Å². The molecule has 6 N–H and O–H groups in total. The first-order valence-corrected chi connectivity index (χ1v) is 11.5. The second-order valence-electron chi connectivity index (χ2n) is 8.75. The zero-order chi connectivity index (χ0) is 22.8. The number of hydrogen-bond acceptors (Lipinski definition) is 9. The molecule has 2 fully saturated rings. The van der Waals surface area contributed by atoms with Gasteiger partial charge in [0.05, 0.1) is 11.6 Å². The molecule has 0 spiro atoms. The van der Waals surface area contributed by atoms with Crippen molar-refractivity contribution >= 4 is 34.3 Å². The SMILES string of the molecule is NC(=O)c1nnc(N[C@@H]2CCCC[C@@H]2N)nc1Nc1ccc2nn(C3CCOCC3)cc2c1. The molecule has 0 bridgehead atoms. The number of amides is 1. The van der Waals surface area contributed by atoms with E-state index < -0.39 is 5.91 Å². The number of anilines is 3. The molecule has 11 nitrogen and oxygen atoms in total. The summed E-state index contributed by atoms with van der Waals surface area (Å²) in [6.07, 6.45) is 8.07. The Bertz CT molecular complexity index is 1140. The van der Waals surface area contributed by atoms with E-state index in [0.29, 0.717) is 12.0 Å². The predicted octanol–water partition coefficient (Wildman–Crippen LogP) is 2.10. The number of hydrogen-bond donors (Lipinski definition) is 4. The van der Waals surface area contributed by atoms with Gasteiger partial charge in [0, 0.05) is 42.6 Å². The quantitative estimate of drug-likeness (QED) is 0.440. The van der Waals surface area contributed by atoms with Gasteiger partial charge >= 0.3 is 0 Å². The van der Waals surface area contributed by atoms with Crippen molar-refractivity contribution < 1.29 is 9.53 Å². The molecular weight excluding hydrogens is 422 g/mol. The molecule has 0 radical (unpaired) electrons. The van der Waals surface area contributed by atoms with Gasteiger partial charge in [-0.05, 0) is 43.9 Å². The highest BCUT2D eigenvalue weighted by molar-refractivity contribution is 5.96. The summed E-state index contributed by atoms with van der Waals surface area (Å²) in [7, 11) is 0. The Morgan fingerprint density at radius 2 is 1.94 bits per heavy atom. The summed E-state index contributed by atoms with van der Waals surface area (Å²) >= 11 is 0.